The van der Waals surface area contributed by atoms with Gasteiger partial charge < -0.3 is 15.4 Å². The fourth-order valence-corrected chi connectivity index (χ4v) is 2.62. The summed E-state index contributed by atoms with van der Waals surface area (Å²) in [5, 5.41) is 6.35. The Morgan fingerprint density at radius 3 is 3.00 bits per heavy atom. The SMILES string of the molecule is COCCC(C)NC(=O)CC1CSCCN1.Cl. The van der Waals surface area contributed by atoms with Gasteiger partial charge in [0.1, 0.15) is 0 Å². The Morgan fingerprint density at radius 1 is 1.65 bits per heavy atom. The number of amides is 1. The second kappa shape index (κ2) is 10.00. The number of ether oxygens (including phenoxy) is 1. The molecule has 1 fully saturated rings. The fourth-order valence-electron chi connectivity index (χ4n) is 1.68. The standard InChI is InChI=1S/C11H22N2O2S.ClH/c1-9(3-5-15-2)13-11(14)7-10-8-16-6-4-12-10;/h9-10,12H,3-8H2,1-2H3,(H,13,14);1H. The molecule has 0 aliphatic carbocycles. The zero-order valence-electron chi connectivity index (χ0n) is 10.5. The predicted molar refractivity (Wildman–Crippen MR) is 75.1 cm³/mol. The van der Waals surface area contributed by atoms with E-state index in [-0.39, 0.29) is 24.4 Å². The lowest BCUT2D eigenvalue weighted by Crippen LogP contribution is -2.43. The van der Waals surface area contributed by atoms with Gasteiger partial charge in [0.2, 0.25) is 5.91 Å². The van der Waals surface area contributed by atoms with Gasteiger partial charge in [-0.25, -0.2) is 0 Å². The van der Waals surface area contributed by atoms with Gasteiger partial charge in [0.05, 0.1) is 0 Å². The molecule has 6 heteroatoms. The van der Waals surface area contributed by atoms with Gasteiger partial charge in [0.15, 0.2) is 0 Å². The van der Waals surface area contributed by atoms with Gasteiger partial charge in [0.25, 0.3) is 0 Å². The maximum absolute atomic E-state index is 11.7. The molecule has 1 rings (SSSR count). The average Bonchev–Trinajstić information content (AvgIpc) is 2.27. The number of nitrogens with one attached hydrogen (secondary N) is 2. The van der Waals surface area contributed by atoms with E-state index in [9.17, 15) is 4.79 Å². The number of hydrogen-bond donors (Lipinski definition) is 2. The summed E-state index contributed by atoms with van der Waals surface area (Å²) in [4.78, 5) is 11.7. The molecule has 0 aromatic heterocycles. The van der Waals surface area contributed by atoms with Crippen molar-refractivity contribution in [3.05, 3.63) is 0 Å². The molecule has 0 aromatic rings. The maximum Gasteiger partial charge on any atom is 0.221 e. The highest BCUT2D eigenvalue weighted by molar-refractivity contribution is 7.99. The van der Waals surface area contributed by atoms with Crippen molar-refractivity contribution in [3.8, 4) is 0 Å². The molecule has 2 atom stereocenters. The minimum atomic E-state index is 0. The monoisotopic (exact) mass is 282 g/mol. The fraction of sp³-hybridized carbons (Fsp3) is 0.909. The van der Waals surface area contributed by atoms with Crippen molar-refractivity contribution in [2.24, 2.45) is 0 Å². The summed E-state index contributed by atoms with van der Waals surface area (Å²) in [6.07, 6.45) is 1.46. The second-order valence-corrected chi connectivity index (χ2v) is 5.33. The van der Waals surface area contributed by atoms with Crippen LogP contribution in [0.3, 0.4) is 0 Å². The number of rotatable bonds is 6. The van der Waals surface area contributed by atoms with Gasteiger partial charge in [-0.15, -0.1) is 12.4 Å². The lowest BCUT2D eigenvalue weighted by atomic mass is 10.2. The quantitative estimate of drug-likeness (QED) is 0.764. The Hall–Kier alpha value is 0.0300. The molecule has 17 heavy (non-hydrogen) atoms. The van der Waals surface area contributed by atoms with Gasteiger partial charge in [-0.3, -0.25) is 4.79 Å². The van der Waals surface area contributed by atoms with Crippen molar-refractivity contribution in [1.29, 1.82) is 0 Å². The minimum Gasteiger partial charge on any atom is -0.385 e. The van der Waals surface area contributed by atoms with Gasteiger partial charge in [-0.1, -0.05) is 0 Å². The molecular formula is C11H23ClN2O2S. The summed E-state index contributed by atoms with van der Waals surface area (Å²) in [6.45, 7) is 3.72. The minimum absolute atomic E-state index is 0. The van der Waals surface area contributed by atoms with Crippen LogP contribution in [-0.2, 0) is 9.53 Å². The zero-order valence-corrected chi connectivity index (χ0v) is 12.2. The van der Waals surface area contributed by atoms with Gasteiger partial charge >= 0.3 is 0 Å². The van der Waals surface area contributed by atoms with Crippen molar-refractivity contribution >= 4 is 30.1 Å². The third kappa shape index (κ3) is 7.86. The Bertz CT molecular complexity index is 214. The molecule has 0 radical (unpaired) electrons. The number of halogens is 1. The van der Waals surface area contributed by atoms with Crippen LogP contribution in [0.2, 0.25) is 0 Å². The van der Waals surface area contributed by atoms with Crippen LogP contribution in [0, 0.1) is 0 Å². The molecule has 102 valence electrons. The number of carbonyl (C=O) groups excluding carboxylic acids is 1. The van der Waals surface area contributed by atoms with E-state index in [0.29, 0.717) is 19.1 Å². The van der Waals surface area contributed by atoms with Crippen LogP contribution in [-0.4, -0.2) is 49.8 Å². The predicted octanol–water partition coefficient (Wildman–Crippen LogP) is 1.04. The van der Waals surface area contributed by atoms with Crippen molar-refractivity contribution in [2.75, 3.05) is 31.8 Å². The zero-order chi connectivity index (χ0) is 11.8. The van der Waals surface area contributed by atoms with Crippen molar-refractivity contribution < 1.29 is 9.53 Å². The lowest BCUT2D eigenvalue weighted by molar-refractivity contribution is -0.122. The van der Waals surface area contributed by atoms with E-state index in [2.05, 4.69) is 10.6 Å². The van der Waals surface area contributed by atoms with Gasteiger partial charge in [-0.05, 0) is 13.3 Å². The van der Waals surface area contributed by atoms with E-state index in [1.54, 1.807) is 7.11 Å². The molecule has 1 heterocycles. The molecule has 1 aliphatic rings. The highest BCUT2D eigenvalue weighted by Crippen LogP contribution is 2.10. The van der Waals surface area contributed by atoms with Crippen LogP contribution in [0.25, 0.3) is 0 Å². The van der Waals surface area contributed by atoms with Crippen LogP contribution >= 0.6 is 24.2 Å². The third-order valence-corrected chi connectivity index (χ3v) is 3.72. The average molecular weight is 283 g/mol. The molecule has 1 aliphatic heterocycles. The first-order valence-electron chi connectivity index (χ1n) is 5.81. The number of methoxy groups -OCH3 is 1. The van der Waals surface area contributed by atoms with E-state index in [0.717, 1.165) is 24.5 Å². The summed E-state index contributed by atoms with van der Waals surface area (Å²) >= 11 is 1.92. The largest absolute Gasteiger partial charge is 0.385 e. The Labute approximate surface area is 114 Å². The lowest BCUT2D eigenvalue weighted by Gasteiger charge is -2.23. The van der Waals surface area contributed by atoms with Crippen molar-refractivity contribution in [2.45, 2.75) is 31.8 Å². The number of thioether (sulfide) groups is 1. The van der Waals surface area contributed by atoms with Crippen LogP contribution in [0.1, 0.15) is 19.8 Å². The molecule has 0 aromatic carbocycles. The Kier molecular flexibility index (Phi) is 10.0. The second-order valence-electron chi connectivity index (χ2n) is 4.18. The molecule has 4 nitrogen and oxygen atoms in total. The van der Waals surface area contributed by atoms with Gasteiger partial charge in [0, 0.05) is 50.3 Å². The normalized spacial score (nSPS) is 21.4. The van der Waals surface area contributed by atoms with Crippen LogP contribution < -0.4 is 10.6 Å². The molecule has 0 saturated carbocycles. The van der Waals surface area contributed by atoms with Crippen molar-refractivity contribution in [3.63, 3.8) is 0 Å². The summed E-state index contributed by atoms with van der Waals surface area (Å²) in [6, 6.07) is 0.539. The molecule has 2 unspecified atom stereocenters. The van der Waals surface area contributed by atoms with E-state index in [1.165, 1.54) is 0 Å². The summed E-state index contributed by atoms with van der Waals surface area (Å²) in [5.74, 6) is 2.34. The Morgan fingerprint density at radius 2 is 2.41 bits per heavy atom. The first kappa shape index (κ1) is 17.0. The highest BCUT2D eigenvalue weighted by Gasteiger charge is 2.17. The van der Waals surface area contributed by atoms with E-state index >= 15 is 0 Å². The highest BCUT2D eigenvalue weighted by atomic mass is 35.5. The van der Waals surface area contributed by atoms with Crippen LogP contribution in [0.5, 0.6) is 0 Å². The number of carbonyl (C=O) groups is 1. The molecule has 1 amide bonds. The first-order valence-corrected chi connectivity index (χ1v) is 6.97. The smallest absolute Gasteiger partial charge is 0.221 e. The molecule has 2 N–H and O–H groups in total. The first-order chi connectivity index (χ1) is 7.72. The maximum atomic E-state index is 11.7. The summed E-state index contributed by atoms with van der Waals surface area (Å²) in [5.41, 5.74) is 0. The van der Waals surface area contributed by atoms with E-state index in [1.807, 2.05) is 18.7 Å². The molecule has 0 bridgehead atoms. The molecule has 0 spiro atoms. The van der Waals surface area contributed by atoms with E-state index in [4.69, 9.17) is 4.74 Å². The van der Waals surface area contributed by atoms with Gasteiger partial charge in [-0.2, -0.15) is 11.8 Å². The molecular weight excluding hydrogens is 260 g/mol. The molecule has 1 saturated heterocycles. The Balaban J connectivity index is 0.00000256. The van der Waals surface area contributed by atoms with Crippen LogP contribution in [0.4, 0.5) is 0 Å². The topological polar surface area (TPSA) is 50.4 Å². The van der Waals surface area contributed by atoms with Crippen molar-refractivity contribution in [1.82, 2.24) is 10.6 Å². The third-order valence-electron chi connectivity index (χ3n) is 2.59. The van der Waals surface area contributed by atoms with Crippen LogP contribution in [0.15, 0.2) is 0 Å². The summed E-state index contributed by atoms with van der Waals surface area (Å²) < 4.78 is 4.98. The van der Waals surface area contributed by atoms with E-state index < -0.39 is 0 Å². The summed E-state index contributed by atoms with van der Waals surface area (Å²) in [7, 11) is 1.68. The number of hydrogen-bond acceptors (Lipinski definition) is 4.